The maximum Gasteiger partial charge on any atom is 0.416 e. The minimum absolute atomic E-state index is 0.0179. The van der Waals surface area contributed by atoms with E-state index in [4.69, 9.17) is 4.74 Å². The Hall–Kier alpha value is -3.28. The number of anilines is 1. The predicted molar refractivity (Wildman–Crippen MR) is 152 cm³/mol. The van der Waals surface area contributed by atoms with Gasteiger partial charge in [0, 0.05) is 30.7 Å². The fraction of sp³-hybridized carbons (Fsp3) is 0.562. The molecule has 0 bridgehead atoms. The molecule has 4 aliphatic rings. The summed E-state index contributed by atoms with van der Waals surface area (Å²) >= 11 is 0. The Morgan fingerprint density at radius 1 is 1.05 bits per heavy atom. The Labute approximate surface area is 252 Å². The lowest BCUT2D eigenvalue weighted by Crippen LogP contribution is -2.56. The average molecular weight is 626 g/mol. The van der Waals surface area contributed by atoms with E-state index in [-0.39, 0.29) is 42.6 Å². The lowest BCUT2D eigenvalue weighted by atomic mass is 9.76. The molecule has 3 aliphatic heterocycles. The van der Waals surface area contributed by atoms with E-state index >= 15 is 0 Å². The SMILES string of the molecule is CC1=COCC1C(=O)N1CCC[C@H](C(=O)Nc2ccc(C)c(C(F)(F)F)c2)[C@@H]1C1C=CC(CN2CCCC2C(F)(F)F)=CC1. The number of aryl methyl sites for hydroxylation is 1. The van der Waals surface area contributed by atoms with Gasteiger partial charge in [0.2, 0.25) is 11.8 Å². The Balaban J connectivity index is 1.38. The molecule has 44 heavy (non-hydrogen) atoms. The third-order valence-corrected chi connectivity index (χ3v) is 9.27. The summed E-state index contributed by atoms with van der Waals surface area (Å²) in [6.07, 6.45) is 0.113. The van der Waals surface area contributed by atoms with E-state index in [2.05, 4.69) is 5.32 Å². The van der Waals surface area contributed by atoms with Crippen molar-refractivity contribution in [3.63, 3.8) is 0 Å². The van der Waals surface area contributed by atoms with Crippen molar-refractivity contribution in [1.29, 1.82) is 0 Å². The molecule has 2 saturated heterocycles. The van der Waals surface area contributed by atoms with Crippen molar-refractivity contribution in [1.82, 2.24) is 9.80 Å². The molecule has 5 rings (SSSR count). The summed E-state index contributed by atoms with van der Waals surface area (Å²) in [7, 11) is 0. The number of piperidine rings is 1. The Kier molecular flexibility index (Phi) is 9.21. The largest absolute Gasteiger partial charge is 0.500 e. The van der Waals surface area contributed by atoms with Gasteiger partial charge in [-0.3, -0.25) is 14.5 Å². The summed E-state index contributed by atoms with van der Waals surface area (Å²) in [4.78, 5) is 30.7. The summed E-state index contributed by atoms with van der Waals surface area (Å²) in [5, 5.41) is 2.67. The van der Waals surface area contributed by atoms with Gasteiger partial charge in [-0.05, 0) is 81.3 Å². The number of carbonyl (C=O) groups excluding carboxylic acids is 2. The van der Waals surface area contributed by atoms with Crippen LogP contribution >= 0.6 is 0 Å². The van der Waals surface area contributed by atoms with Crippen molar-refractivity contribution < 1.29 is 40.7 Å². The first-order chi connectivity index (χ1) is 20.7. The molecule has 1 aromatic rings. The average Bonchev–Trinajstić information content (AvgIpc) is 3.62. The number of carbonyl (C=O) groups is 2. The van der Waals surface area contributed by atoms with Crippen molar-refractivity contribution in [3.05, 3.63) is 65.0 Å². The number of nitrogens with one attached hydrogen (secondary N) is 1. The van der Waals surface area contributed by atoms with E-state index in [1.54, 1.807) is 24.2 Å². The number of amides is 2. The molecular formula is C32H37F6N3O3. The molecule has 0 spiro atoms. The van der Waals surface area contributed by atoms with Crippen LogP contribution in [0.25, 0.3) is 0 Å². The number of hydrogen-bond acceptors (Lipinski definition) is 4. The number of halogens is 6. The molecule has 12 heteroatoms. The number of benzene rings is 1. The first-order valence-corrected chi connectivity index (χ1v) is 15.0. The molecule has 6 nitrogen and oxygen atoms in total. The molecule has 1 N–H and O–H groups in total. The molecule has 3 heterocycles. The van der Waals surface area contributed by atoms with Crippen LogP contribution < -0.4 is 5.32 Å². The van der Waals surface area contributed by atoms with E-state index in [1.807, 2.05) is 12.2 Å². The van der Waals surface area contributed by atoms with Gasteiger partial charge >= 0.3 is 12.4 Å². The van der Waals surface area contributed by atoms with Crippen LogP contribution in [0.4, 0.5) is 32.0 Å². The summed E-state index contributed by atoms with van der Waals surface area (Å²) in [6, 6.07) is 1.58. The molecular weight excluding hydrogens is 588 g/mol. The minimum Gasteiger partial charge on any atom is -0.500 e. The van der Waals surface area contributed by atoms with E-state index in [1.165, 1.54) is 24.0 Å². The molecule has 0 saturated carbocycles. The third kappa shape index (κ3) is 6.84. The minimum atomic E-state index is -4.58. The zero-order valence-corrected chi connectivity index (χ0v) is 24.7. The van der Waals surface area contributed by atoms with Crippen LogP contribution in [-0.4, -0.2) is 66.1 Å². The number of likely N-dealkylation sites (tertiary alicyclic amines) is 2. The molecule has 2 amide bonds. The van der Waals surface area contributed by atoms with Crippen molar-refractivity contribution in [2.45, 2.75) is 70.4 Å². The lowest BCUT2D eigenvalue weighted by molar-refractivity contribution is -0.174. The molecule has 2 fully saturated rings. The molecule has 0 radical (unpaired) electrons. The maximum absolute atomic E-state index is 13.8. The second kappa shape index (κ2) is 12.6. The van der Waals surface area contributed by atoms with Crippen LogP contribution in [0.15, 0.2) is 53.8 Å². The van der Waals surface area contributed by atoms with Crippen LogP contribution in [-0.2, 0) is 20.5 Å². The van der Waals surface area contributed by atoms with Gasteiger partial charge in [0.25, 0.3) is 0 Å². The normalized spacial score (nSPS) is 28.0. The van der Waals surface area contributed by atoms with Gasteiger partial charge in [-0.1, -0.05) is 24.3 Å². The Morgan fingerprint density at radius 3 is 2.43 bits per heavy atom. The van der Waals surface area contributed by atoms with Crippen LogP contribution in [0.5, 0.6) is 0 Å². The monoisotopic (exact) mass is 625 g/mol. The van der Waals surface area contributed by atoms with Gasteiger partial charge < -0.3 is 15.0 Å². The number of alkyl halides is 6. The van der Waals surface area contributed by atoms with Crippen LogP contribution in [0, 0.1) is 24.7 Å². The van der Waals surface area contributed by atoms with Gasteiger partial charge in [0.1, 0.15) is 12.6 Å². The maximum atomic E-state index is 13.8. The van der Waals surface area contributed by atoms with Crippen molar-refractivity contribution in [3.8, 4) is 0 Å². The predicted octanol–water partition coefficient (Wildman–Crippen LogP) is 6.64. The van der Waals surface area contributed by atoms with E-state index < -0.39 is 47.7 Å². The van der Waals surface area contributed by atoms with Crippen LogP contribution in [0.1, 0.15) is 50.2 Å². The number of hydrogen-bond donors (Lipinski definition) is 1. The van der Waals surface area contributed by atoms with Crippen molar-refractivity contribution >= 4 is 17.5 Å². The summed E-state index contributed by atoms with van der Waals surface area (Å²) < 4.78 is 86.5. The molecule has 3 unspecified atom stereocenters. The van der Waals surface area contributed by atoms with E-state index in [0.29, 0.717) is 38.8 Å². The summed E-state index contributed by atoms with van der Waals surface area (Å²) in [5.74, 6) is -2.19. The molecule has 0 aromatic heterocycles. The number of rotatable bonds is 6. The van der Waals surface area contributed by atoms with E-state index in [0.717, 1.165) is 17.2 Å². The highest BCUT2D eigenvalue weighted by molar-refractivity contribution is 5.94. The molecule has 5 atom stereocenters. The highest BCUT2D eigenvalue weighted by Crippen LogP contribution is 2.39. The summed E-state index contributed by atoms with van der Waals surface area (Å²) in [6.45, 7) is 4.26. The quantitative estimate of drug-likeness (QED) is 0.361. The number of ether oxygens (including phenoxy) is 1. The van der Waals surface area contributed by atoms with Crippen LogP contribution in [0.2, 0.25) is 0 Å². The van der Waals surface area contributed by atoms with Crippen LogP contribution in [0.3, 0.4) is 0 Å². The fourth-order valence-electron chi connectivity index (χ4n) is 6.96. The molecule has 1 aliphatic carbocycles. The number of nitrogens with zero attached hydrogens (tertiary/aromatic N) is 2. The van der Waals surface area contributed by atoms with Crippen molar-refractivity contribution in [2.24, 2.45) is 17.8 Å². The highest BCUT2D eigenvalue weighted by atomic mass is 19.4. The Bertz CT molecular complexity index is 1350. The van der Waals surface area contributed by atoms with Gasteiger partial charge in [-0.2, -0.15) is 26.3 Å². The second-order valence-electron chi connectivity index (χ2n) is 12.2. The van der Waals surface area contributed by atoms with Gasteiger partial charge in [-0.15, -0.1) is 0 Å². The fourth-order valence-corrected chi connectivity index (χ4v) is 6.96. The van der Waals surface area contributed by atoms with Gasteiger partial charge in [0.05, 0.1) is 23.7 Å². The smallest absolute Gasteiger partial charge is 0.416 e. The first-order valence-electron chi connectivity index (χ1n) is 15.0. The summed E-state index contributed by atoms with van der Waals surface area (Å²) in [5.41, 5.74) is 0.731. The van der Waals surface area contributed by atoms with Gasteiger partial charge in [-0.25, -0.2) is 0 Å². The zero-order chi connectivity index (χ0) is 31.8. The second-order valence-corrected chi connectivity index (χ2v) is 12.2. The Morgan fingerprint density at radius 2 is 1.80 bits per heavy atom. The van der Waals surface area contributed by atoms with Crippen molar-refractivity contribution in [2.75, 3.05) is 31.6 Å². The first kappa shape index (κ1) is 32.1. The van der Waals surface area contributed by atoms with E-state index in [9.17, 15) is 35.9 Å². The molecule has 1 aromatic carbocycles. The topological polar surface area (TPSA) is 61.9 Å². The molecule has 240 valence electrons. The third-order valence-electron chi connectivity index (χ3n) is 9.27. The number of allylic oxidation sites excluding steroid dienone is 1. The zero-order valence-electron chi connectivity index (χ0n) is 24.7. The lowest BCUT2D eigenvalue weighted by Gasteiger charge is -2.45. The highest BCUT2D eigenvalue weighted by Gasteiger charge is 2.47. The van der Waals surface area contributed by atoms with Gasteiger partial charge in [0.15, 0.2) is 0 Å². The standard InChI is InChI=1S/C32H37F6N3O3/c1-19-7-12-23(15-26(19)31(33,34)35)39-29(42)24-5-3-14-41(30(43)25-18-44-17-20(25)2)28(24)22-10-8-21(9-11-22)16-40-13-4-6-27(40)32(36,37)38/h7-10,12,15,17,22,24-25,27-28H,3-6,11,13-14,16,18H2,1-2H3,(H,39,42)/t22?,24-,25?,27?,28-/m0/s1.